The van der Waals surface area contributed by atoms with Crippen LogP contribution in [-0.4, -0.2) is 19.6 Å². The lowest BCUT2D eigenvalue weighted by Crippen LogP contribution is -2.20. The summed E-state index contributed by atoms with van der Waals surface area (Å²) in [6, 6.07) is 13.8. The van der Waals surface area contributed by atoms with Crippen LogP contribution in [0.2, 0.25) is 5.02 Å². The van der Waals surface area contributed by atoms with Crippen molar-refractivity contribution in [3.8, 4) is 11.5 Å². The van der Waals surface area contributed by atoms with Crippen LogP contribution in [0.5, 0.6) is 11.5 Å². The monoisotopic (exact) mass is 348 g/mol. The SMILES string of the molecule is COc1cc(CN[C@@H](C)c2ccccc2)c(Cl)cc1OCC(N)=O. The molecule has 6 heteroatoms. The van der Waals surface area contributed by atoms with Crippen molar-refractivity contribution in [2.75, 3.05) is 13.7 Å². The first-order valence-corrected chi connectivity index (χ1v) is 7.95. The number of amides is 1. The van der Waals surface area contributed by atoms with Gasteiger partial charge < -0.3 is 20.5 Å². The molecule has 1 atom stereocenters. The van der Waals surface area contributed by atoms with E-state index in [9.17, 15) is 4.79 Å². The second-order valence-corrected chi connectivity index (χ2v) is 5.77. The number of carbonyl (C=O) groups excluding carboxylic acids is 1. The van der Waals surface area contributed by atoms with E-state index in [1.165, 1.54) is 12.7 Å². The molecule has 128 valence electrons. The van der Waals surface area contributed by atoms with Gasteiger partial charge >= 0.3 is 0 Å². The standard InChI is InChI=1S/C18H21ClN2O3/c1-12(13-6-4-3-5-7-13)21-10-14-8-16(23-2)17(9-15(14)19)24-11-18(20)22/h3-9,12,21H,10-11H2,1-2H3,(H2,20,22)/t12-/m0/s1. The minimum absolute atomic E-state index is 0.180. The Labute approximate surface area is 146 Å². The van der Waals surface area contributed by atoms with Crippen LogP contribution in [0.1, 0.15) is 24.1 Å². The van der Waals surface area contributed by atoms with Crippen LogP contribution >= 0.6 is 11.6 Å². The van der Waals surface area contributed by atoms with Crippen molar-refractivity contribution in [2.24, 2.45) is 5.73 Å². The number of carbonyl (C=O) groups is 1. The molecule has 2 aromatic rings. The summed E-state index contributed by atoms with van der Waals surface area (Å²) in [5.41, 5.74) is 7.16. The summed E-state index contributed by atoms with van der Waals surface area (Å²) < 4.78 is 10.6. The van der Waals surface area contributed by atoms with Gasteiger partial charge in [-0.3, -0.25) is 4.79 Å². The Balaban J connectivity index is 2.08. The third kappa shape index (κ3) is 4.88. The Bertz CT molecular complexity index is 692. The smallest absolute Gasteiger partial charge is 0.255 e. The molecule has 0 fully saturated rings. The molecule has 0 aliphatic heterocycles. The molecule has 0 radical (unpaired) electrons. The van der Waals surface area contributed by atoms with Crippen LogP contribution in [0, 0.1) is 0 Å². The minimum Gasteiger partial charge on any atom is -0.493 e. The zero-order chi connectivity index (χ0) is 17.5. The Hall–Kier alpha value is -2.24. The van der Waals surface area contributed by atoms with Gasteiger partial charge in [0.25, 0.3) is 5.91 Å². The van der Waals surface area contributed by atoms with Gasteiger partial charge in [-0.05, 0) is 24.1 Å². The molecule has 0 saturated heterocycles. The zero-order valence-corrected chi connectivity index (χ0v) is 14.5. The van der Waals surface area contributed by atoms with E-state index in [1.54, 1.807) is 12.1 Å². The molecule has 0 aliphatic carbocycles. The van der Waals surface area contributed by atoms with Crippen LogP contribution in [0.3, 0.4) is 0 Å². The number of halogens is 1. The molecule has 0 spiro atoms. The molecule has 3 N–H and O–H groups in total. The highest BCUT2D eigenvalue weighted by Gasteiger charge is 2.13. The third-order valence-corrected chi connectivity index (χ3v) is 3.95. The van der Waals surface area contributed by atoms with E-state index in [0.717, 1.165) is 5.56 Å². The van der Waals surface area contributed by atoms with Crippen LogP contribution in [0.4, 0.5) is 0 Å². The normalized spacial score (nSPS) is 11.8. The Morgan fingerprint density at radius 2 is 1.96 bits per heavy atom. The number of nitrogens with one attached hydrogen (secondary N) is 1. The minimum atomic E-state index is -0.560. The lowest BCUT2D eigenvalue weighted by Gasteiger charge is -2.17. The van der Waals surface area contributed by atoms with Crippen LogP contribution < -0.4 is 20.5 Å². The molecule has 2 aromatic carbocycles. The number of methoxy groups -OCH3 is 1. The van der Waals surface area contributed by atoms with Crippen molar-refractivity contribution >= 4 is 17.5 Å². The number of ether oxygens (including phenoxy) is 2. The maximum atomic E-state index is 10.8. The van der Waals surface area contributed by atoms with E-state index in [1.807, 2.05) is 18.2 Å². The van der Waals surface area contributed by atoms with E-state index in [2.05, 4.69) is 24.4 Å². The van der Waals surface area contributed by atoms with E-state index < -0.39 is 5.91 Å². The molecular weight excluding hydrogens is 328 g/mol. The number of nitrogens with two attached hydrogens (primary N) is 1. The summed E-state index contributed by atoms with van der Waals surface area (Å²) in [5.74, 6) is 0.335. The molecule has 24 heavy (non-hydrogen) atoms. The van der Waals surface area contributed by atoms with Gasteiger partial charge in [-0.25, -0.2) is 0 Å². The van der Waals surface area contributed by atoms with Crippen LogP contribution in [-0.2, 0) is 11.3 Å². The fraction of sp³-hybridized carbons (Fsp3) is 0.278. The highest BCUT2D eigenvalue weighted by molar-refractivity contribution is 6.31. The largest absolute Gasteiger partial charge is 0.493 e. The summed E-state index contributed by atoms with van der Waals surface area (Å²) in [6.45, 7) is 2.43. The Morgan fingerprint density at radius 1 is 1.25 bits per heavy atom. The summed E-state index contributed by atoms with van der Waals surface area (Å²) in [7, 11) is 1.53. The summed E-state index contributed by atoms with van der Waals surface area (Å²) >= 11 is 6.31. The van der Waals surface area contributed by atoms with E-state index in [-0.39, 0.29) is 12.6 Å². The second kappa shape index (κ2) is 8.57. The maximum absolute atomic E-state index is 10.8. The number of benzene rings is 2. The maximum Gasteiger partial charge on any atom is 0.255 e. The molecular formula is C18H21ClN2O3. The van der Waals surface area contributed by atoms with E-state index in [0.29, 0.717) is 23.1 Å². The van der Waals surface area contributed by atoms with Gasteiger partial charge in [0.05, 0.1) is 7.11 Å². The first kappa shape index (κ1) is 18.1. The highest BCUT2D eigenvalue weighted by atomic mass is 35.5. The van der Waals surface area contributed by atoms with Crippen molar-refractivity contribution < 1.29 is 14.3 Å². The molecule has 0 heterocycles. The summed E-state index contributed by atoms with van der Waals surface area (Å²) in [5, 5.41) is 3.95. The van der Waals surface area contributed by atoms with Gasteiger partial charge in [0, 0.05) is 23.7 Å². The quantitative estimate of drug-likeness (QED) is 0.769. The van der Waals surface area contributed by atoms with Crippen molar-refractivity contribution in [3.05, 3.63) is 58.6 Å². The van der Waals surface area contributed by atoms with E-state index >= 15 is 0 Å². The summed E-state index contributed by atoms with van der Waals surface area (Å²) in [6.07, 6.45) is 0. The Kier molecular flexibility index (Phi) is 6.46. The third-order valence-electron chi connectivity index (χ3n) is 3.60. The molecule has 2 rings (SSSR count). The van der Waals surface area contributed by atoms with Crippen molar-refractivity contribution in [1.82, 2.24) is 5.32 Å². The lowest BCUT2D eigenvalue weighted by atomic mass is 10.1. The first-order chi connectivity index (χ1) is 11.5. The molecule has 0 unspecified atom stereocenters. The second-order valence-electron chi connectivity index (χ2n) is 5.36. The molecule has 0 aromatic heterocycles. The van der Waals surface area contributed by atoms with Gasteiger partial charge in [-0.2, -0.15) is 0 Å². The fourth-order valence-electron chi connectivity index (χ4n) is 2.26. The molecule has 0 saturated carbocycles. The van der Waals surface area contributed by atoms with Crippen molar-refractivity contribution in [1.29, 1.82) is 0 Å². The topological polar surface area (TPSA) is 73.6 Å². The number of hydrogen-bond donors (Lipinski definition) is 2. The average Bonchev–Trinajstić information content (AvgIpc) is 2.59. The molecule has 0 bridgehead atoms. The molecule has 0 aliphatic rings. The first-order valence-electron chi connectivity index (χ1n) is 7.57. The van der Waals surface area contributed by atoms with Gasteiger partial charge in [0.1, 0.15) is 0 Å². The fourth-order valence-corrected chi connectivity index (χ4v) is 2.48. The van der Waals surface area contributed by atoms with Crippen molar-refractivity contribution in [3.63, 3.8) is 0 Å². The van der Waals surface area contributed by atoms with Crippen molar-refractivity contribution in [2.45, 2.75) is 19.5 Å². The summed E-state index contributed by atoms with van der Waals surface area (Å²) in [4.78, 5) is 10.8. The highest BCUT2D eigenvalue weighted by Crippen LogP contribution is 2.33. The van der Waals surface area contributed by atoms with Crippen LogP contribution in [0.15, 0.2) is 42.5 Å². The predicted molar refractivity (Wildman–Crippen MR) is 94.4 cm³/mol. The lowest BCUT2D eigenvalue weighted by molar-refractivity contribution is -0.119. The zero-order valence-electron chi connectivity index (χ0n) is 13.7. The Morgan fingerprint density at radius 3 is 2.58 bits per heavy atom. The number of primary amides is 1. The molecule has 5 nitrogen and oxygen atoms in total. The van der Waals surface area contributed by atoms with E-state index in [4.69, 9.17) is 26.8 Å². The number of hydrogen-bond acceptors (Lipinski definition) is 4. The average molecular weight is 349 g/mol. The van der Waals surface area contributed by atoms with Gasteiger partial charge in [-0.15, -0.1) is 0 Å². The van der Waals surface area contributed by atoms with Gasteiger partial charge in [0.2, 0.25) is 0 Å². The predicted octanol–water partition coefficient (Wildman–Crippen LogP) is 3.06. The van der Waals surface area contributed by atoms with Crippen LogP contribution in [0.25, 0.3) is 0 Å². The number of rotatable bonds is 8. The molecule has 1 amide bonds. The van der Waals surface area contributed by atoms with Gasteiger partial charge in [-0.1, -0.05) is 41.9 Å². The van der Waals surface area contributed by atoms with Gasteiger partial charge in [0.15, 0.2) is 18.1 Å².